The molecule has 0 aliphatic rings. The normalized spacial score (nSPS) is 10.7. The summed E-state index contributed by atoms with van der Waals surface area (Å²) in [5, 5.41) is 10.1. The molecule has 0 saturated carbocycles. The van der Waals surface area contributed by atoms with Crippen molar-refractivity contribution < 1.29 is 4.79 Å². The molecular weight excluding hydrogens is 506 g/mol. The number of benzene rings is 1. The Kier molecular flexibility index (Phi) is 7.77. The van der Waals surface area contributed by atoms with Gasteiger partial charge in [-0.25, -0.2) is 19.9 Å². The zero-order chi connectivity index (χ0) is 27.9. The third-order valence-electron chi connectivity index (χ3n) is 5.83. The van der Waals surface area contributed by atoms with Crippen LogP contribution in [0.2, 0.25) is 0 Å². The van der Waals surface area contributed by atoms with Crippen LogP contribution in [0.25, 0.3) is 39.6 Å². The molecule has 0 aliphatic carbocycles. The fourth-order valence-electron chi connectivity index (χ4n) is 3.89. The van der Waals surface area contributed by atoms with Crippen molar-refractivity contribution in [1.82, 2.24) is 44.7 Å². The van der Waals surface area contributed by atoms with Crippen LogP contribution in [0.15, 0.2) is 78.7 Å². The molecule has 0 fully saturated rings. The average Bonchev–Trinajstić information content (AvgIpc) is 3.74. The lowest BCUT2D eigenvalue weighted by molar-refractivity contribution is -0.115. The predicted octanol–water partition coefficient (Wildman–Crippen LogP) is 4.19. The van der Waals surface area contributed by atoms with Gasteiger partial charge in [-0.15, -0.1) is 0 Å². The van der Waals surface area contributed by atoms with Crippen LogP contribution in [0.1, 0.15) is 18.3 Å². The second kappa shape index (κ2) is 11.9. The number of rotatable bonds is 7. The molecule has 1 aromatic carbocycles. The van der Waals surface area contributed by atoms with Crippen molar-refractivity contribution in [1.29, 1.82) is 0 Å². The molecule has 3 N–H and O–H groups in total. The van der Waals surface area contributed by atoms with Crippen molar-refractivity contribution in [2.24, 2.45) is 4.99 Å². The highest BCUT2D eigenvalue weighted by Gasteiger charge is 2.13. The van der Waals surface area contributed by atoms with Gasteiger partial charge in [0.1, 0.15) is 24.0 Å². The molecule has 0 bridgehead atoms. The molecule has 5 aromatic heterocycles. The van der Waals surface area contributed by atoms with Crippen molar-refractivity contribution in [2.45, 2.75) is 20.3 Å². The minimum absolute atomic E-state index is 0.150. The zero-order valence-electron chi connectivity index (χ0n) is 22.0. The van der Waals surface area contributed by atoms with Crippen LogP contribution in [-0.2, 0) is 11.2 Å². The molecule has 5 heterocycles. The van der Waals surface area contributed by atoms with E-state index in [0.29, 0.717) is 28.5 Å². The summed E-state index contributed by atoms with van der Waals surface area (Å²) in [5.41, 5.74) is 6.05. The SMILES string of the molecule is C=NCC.Cc1cn(-c2ncnc3nc(-c4ccc(NC(=O)Cc5cc(-c6cccnc6)n[nH]5)cc4)[nH]c23)cn1. The van der Waals surface area contributed by atoms with Crippen LogP contribution in [0.3, 0.4) is 0 Å². The lowest BCUT2D eigenvalue weighted by atomic mass is 10.1. The lowest BCUT2D eigenvalue weighted by Crippen LogP contribution is -2.14. The van der Waals surface area contributed by atoms with Gasteiger partial charge in [0.25, 0.3) is 0 Å². The first kappa shape index (κ1) is 26.1. The van der Waals surface area contributed by atoms with Crippen LogP contribution in [0.4, 0.5) is 5.69 Å². The van der Waals surface area contributed by atoms with Gasteiger partial charge in [0.15, 0.2) is 11.5 Å². The molecule has 0 saturated heterocycles. The Hall–Kier alpha value is -5.52. The number of aryl methyl sites for hydroxylation is 1. The topological polar surface area (TPSA) is 155 Å². The second-order valence-electron chi connectivity index (χ2n) is 8.77. The summed E-state index contributed by atoms with van der Waals surface area (Å²) in [6.45, 7) is 7.93. The van der Waals surface area contributed by atoms with Crippen molar-refractivity contribution >= 4 is 29.5 Å². The quantitative estimate of drug-likeness (QED) is 0.260. The maximum absolute atomic E-state index is 12.6. The van der Waals surface area contributed by atoms with E-state index in [1.165, 1.54) is 6.33 Å². The first-order chi connectivity index (χ1) is 19.5. The van der Waals surface area contributed by atoms with E-state index >= 15 is 0 Å². The number of amides is 1. The number of H-pyrrole nitrogens is 2. The number of aromatic nitrogens is 9. The highest BCUT2D eigenvalue weighted by molar-refractivity contribution is 5.92. The second-order valence-corrected chi connectivity index (χ2v) is 8.77. The number of aromatic amines is 2. The van der Waals surface area contributed by atoms with Crippen LogP contribution in [-0.4, -0.2) is 63.8 Å². The van der Waals surface area contributed by atoms with E-state index in [0.717, 1.165) is 34.8 Å². The Morgan fingerprint density at radius 3 is 2.65 bits per heavy atom. The number of fused-ring (bicyclic) bond motifs is 1. The van der Waals surface area contributed by atoms with E-state index in [4.69, 9.17) is 0 Å². The van der Waals surface area contributed by atoms with Crippen LogP contribution < -0.4 is 5.32 Å². The Morgan fingerprint density at radius 1 is 1.12 bits per heavy atom. The predicted molar refractivity (Wildman–Crippen MR) is 153 cm³/mol. The van der Waals surface area contributed by atoms with Gasteiger partial charge in [-0.3, -0.25) is 19.4 Å². The zero-order valence-corrected chi connectivity index (χ0v) is 22.0. The van der Waals surface area contributed by atoms with E-state index < -0.39 is 0 Å². The number of pyridine rings is 1. The molecule has 12 heteroatoms. The van der Waals surface area contributed by atoms with Crippen LogP contribution in [0, 0.1) is 6.92 Å². The van der Waals surface area contributed by atoms with E-state index in [1.54, 1.807) is 18.7 Å². The number of nitrogens with one attached hydrogen (secondary N) is 3. The number of hydrogen-bond acceptors (Lipinski definition) is 8. The fraction of sp³-hybridized carbons (Fsp3) is 0.143. The monoisotopic (exact) mass is 533 g/mol. The molecule has 6 aromatic rings. The van der Waals surface area contributed by atoms with Gasteiger partial charge in [0, 0.05) is 47.6 Å². The van der Waals surface area contributed by atoms with Gasteiger partial charge in [0.2, 0.25) is 5.91 Å². The minimum Gasteiger partial charge on any atom is -0.334 e. The van der Waals surface area contributed by atoms with Gasteiger partial charge in [0.05, 0.1) is 17.8 Å². The third-order valence-corrected chi connectivity index (χ3v) is 5.83. The standard InChI is InChI=1S/C25H20N10O.C3H7N/c1-15-12-35(14-29-15)25-22-24(27-13-28-25)32-23(31-22)16-4-6-18(7-5-16)30-21(36)10-19-9-20(34-33-19)17-3-2-8-26-11-17;1-3-4-2/h2-9,11-14H,10H2,1H3,(H,30,36)(H,33,34)(H,27,28,31,32);2-3H2,1H3. The molecule has 0 radical (unpaired) electrons. The van der Waals surface area contributed by atoms with Gasteiger partial charge in [-0.1, -0.05) is 0 Å². The summed E-state index contributed by atoms with van der Waals surface area (Å²) in [6.07, 6.45) is 8.69. The van der Waals surface area contributed by atoms with Gasteiger partial charge in [-0.2, -0.15) is 5.10 Å². The molecule has 0 spiro atoms. The van der Waals surface area contributed by atoms with E-state index in [2.05, 4.69) is 57.1 Å². The van der Waals surface area contributed by atoms with Gasteiger partial charge >= 0.3 is 0 Å². The lowest BCUT2D eigenvalue weighted by Gasteiger charge is -2.05. The Bertz CT molecular complexity index is 1730. The highest BCUT2D eigenvalue weighted by Crippen LogP contribution is 2.24. The highest BCUT2D eigenvalue weighted by atomic mass is 16.1. The molecule has 1 amide bonds. The number of imidazole rings is 2. The summed E-state index contributed by atoms with van der Waals surface area (Å²) in [7, 11) is 0. The molecular formula is C28H27N11O. The third kappa shape index (κ3) is 5.96. The van der Waals surface area contributed by atoms with Crippen molar-refractivity contribution in [3.05, 3.63) is 85.1 Å². The fourth-order valence-corrected chi connectivity index (χ4v) is 3.89. The number of carbonyl (C=O) groups is 1. The molecule has 0 aliphatic heterocycles. The largest absolute Gasteiger partial charge is 0.334 e. The van der Waals surface area contributed by atoms with E-state index in [-0.39, 0.29) is 12.3 Å². The molecule has 0 atom stereocenters. The van der Waals surface area contributed by atoms with Crippen molar-refractivity contribution in [2.75, 3.05) is 11.9 Å². The maximum atomic E-state index is 12.6. The molecule has 12 nitrogen and oxygen atoms in total. The Labute approximate surface area is 229 Å². The molecule has 200 valence electrons. The summed E-state index contributed by atoms with van der Waals surface area (Å²) < 4.78 is 1.83. The van der Waals surface area contributed by atoms with Crippen molar-refractivity contribution in [3.63, 3.8) is 0 Å². The number of hydrogen-bond donors (Lipinski definition) is 3. The number of aliphatic imine (C=N–C) groups is 1. The van der Waals surface area contributed by atoms with E-state index in [1.807, 2.05) is 67.1 Å². The average molecular weight is 534 g/mol. The summed E-state index contributed by atoms with van der Waals surface area (Å²) in [5.74, 6) is 1.18. The summed E-state index contributed by atoms with van der Waals surface area (Å²) >= 11 is 0. The smallest absolute Gasteiger partial charge is 0.230 e. The number of carbonyl (C=O) groups excluding carboxylic acids is 1. The minimum atomic E-state index is -0.150. The Morgan fingerprint density at radius 2 is 1.95 bits per heavy atom. The first-order valence-corrected chi connectivity index (χ1v) is 12.5. The Balaban J connectivity index is 0.000000758. The summed E-state index contributed by atoms with van der Waals surface area (Å²) in [4.78, 5) is 41.0. The molecule has 0 unspecified atom stereocenters. The maximum Gasteiger partial charge on any atom is 0.230 e. The number of nitrogens with zero attached hydrogens (tertiary/aromatic N) is 8. The summed E-state index contributed by atoms with van der Waals surface area (Å²) in [6, 6.07) is 13.1. The van der Waals surface area contributed by atoms with Gasteiger partial charge in [-0.05, 0) is 63.0 Å². The molecule has 6 rings (SSSR count). The first-order valence-electron chi connectivity index (χ1n) is 12.5. The number of anilines is 1. The molecule has 40 heavy (non-hydrogen) atoms. The van der Waals surface area contributed by atoms with Crippen molar-refractivity contribution in [3.8, 4) is 28.5 Å². The van der Waals surface area contributed by atoms with E-state index in [9.17, 15) is 4.79 Å². The van der Waals surface area contributed by atoms with Gasteiger partial charge < -0.3 is 15.3 Å². The van der Waals surface area contributed by atoms with Crippen LogP contribution in [0.5, 0.6) is 0 Å². The van der Waals surface area contributed by atoms with Crippen LogP contribution >= 0.6 is 0 Å².